The third-order valence-electron chi connectivity index (χ3n) is 7.12. The number of nitrogens with zero attached hydrogens (tertiary/aromatic N) is 1. The maximum absolute atomic E-state index is 13.6. The zero-order valence-corrected chi connectivity index (χ0v) is 19.2. The molecule has 4 bridgehead atoms. The fraction of sp³-hybridized carbons (Fsp3) is 0.667. The van der Waals surface area contributed by atoms with Crippen molar-refractivity contribution in [2.75, 3.05) is 19.6 Å². The van der Waals surface area contributed by atoms with Crippen LogP contribution in [0.1, 0.15) is 39.7 Å². The number of nitrogens with one attached hydrogen (secondary N) is 2. The van der Waals surface area contributed by atoms with Gasteiger partial charge in [0.15, 0.2) is 0 Å². The van der Waals surface area contributed by atoms with E-state index >= 15 is 0 Å². The van der Waals surface area contributed by atoms with Crippen molar-refractivity contribution in [1.29, 1.82) is 0 Å². The predicted molar refractivity (Wildman–Crippen MR) is 119 cm³/mol. The van der Waals surface area contributed by atoms with Crippen LogP contribution >= 0.6 is 11.6 Å². The number of likely N-dealkylation sites (tertiary alicyclic amines) is 1. The Morgan fingerprint density at radius 2 is 1.93 bits per heavy atom. The molecule has 1 aromatic rings. The van der Waals surface area contributed by atoms with Crippen molar-refractivity contribution in [2.24, 2.45) is 29.6 Å². The maximum Gasteiger partial charge on any atom is 0.247 e. The molecule has 0 spiro atoms. The summed E-state index contributed by atoms with van der Waals surface area (Å²) in [5.41, 5.74) is 0.364. The third-order valence-corrected chi connectivity index (χ3v) is 7.37. The molecular formula is C24H34ClN3O2. The quantitative estimate of drug-likeness (QED) is 0.697. The van der Waals surface area contributed by atoms with E-state index in [9.17, 15) is 9.59 Å². The van der Waals surface area contributed by atoms with Crippen LogP contribution in [-0.4, -0.2) is 47.9 Å². The predicted octanol–water partition coefficient (Wildman–Crippen LogP) is 3.12. The average molecular weight is 432 g/mol. The molecule has 5 rings (SSSR count). The van der Waals surface area contributed by atoms with Crippen LogP contribution in [0, 0.1) is 29.6 Å². The summed E-state index contributed by atoms with van der Waals surface area (Å²) in [5, 5.41) is 7.10. The van der Waals surface area contributed by atoms with Crippen molar-refractivity contribution in [3.8, 4) is 0 Å². The van der Waals surface area contributed by atoms with E-state index in [2.05, 4.69) is 43.2 Å². The van der Waals surface area contributed by atoms with Crippen LogP contribution in [0.3, 0.4) is 0 Å². The highest BCUT2D eigenvalue weighted by Crippen LogP contribution is 2.53. The van der Waals surface area contributed by atoms with Gasteiger partial charge in [-0.05, 0) is 48.3 Å². The number of fused-ring (bicyclic) bond motifs is 1. The Balaban J connectivity index is 1.70. The van der Waals surface area contributed by atoms with E-state index in [0.29, 0.717) is 23.4 Å². The fourth-order valence-electron chi connectivity index (χ4n) is 6.04. The first-order chi connectivity index (χ1) is 14.2. The SMILES string of the molecule is CC(C)CNC(=O)[C@]12NC(=O)[C@@H]3C[C@H]1CN(CC(C)C)C2[C@@H]3Cc1ccc(Cl)cc1. The molecule has 5 nitrogen and oxygen atoms in total. The molecule has 0 radical (unpaired) electrons. The molecule has 3 aliphatic heterocycles. The standard InChI is InChI=1S/C24H34ClN3O2/c1-14(2)11-26-23(30)24-17-10-20(22(29)27-24)19(9-16-5-7-18(25)8-6-16)21(24)28(13-17)12-15(3)4/h5-8,14-15,17,19-21H,9-13H2,1-4H3,(H,26,30)(H,27,29)/t17-,19+,20+,21?,24-/m0/s1. The van der Waals surface area contributed by atoms with Crippen molar-refractivity contribution in [3.05, 3.63) is 34.9 Å². The molecule has 2 amide bonds. The number of hydrogen-bond acceptors (Lipinski definition) is 3. The van der Waals surface area contributed by atoms with Gasteiger partial charge in [0.05, 0.1) is 0 Å². The van der Waals surface area contributed by atoms with Crippen molar-refractivity contribution in [1.82, 2.24) is 15.5 Å². The summed E-state index contributed by atoms with van der Waals surface area (Å²) in [5.74, 6) is 1.20. The molecule has 6 heteroatoms. The van der Waals surface area contributed by atoms with E-state index in [4.69, 9.17) is 11.6 Å². The van der Waals surface area contributed by atoms with Crippen molar-refractivity contribution in [3.63, 3.8) is 0 Å². The fourth-order valence-corrected chi connectivity index (χ4v) is 6.16. The van der Waals surface area contributed by atoms with E-state index in [1.807, 2.05) is 24.3 Å². The van der Waals surface area contributed by atoms with E-state index in [-0.39, 0.29) is 35.6 Å². The van der Waals surface area contributed by atoms with E-state index < -0.39 is 5.54 Å². The molecule has 3 heterocycles. The third kappa shape index (κ3) is 3.64. The van der Waals surface area contributed by atoms with Crippen LogP contribution in [0.5, 0.6) is 0 Å². The van der Waals surface area contributed by atoms with Gasteiger partial charge in [0.1, 0.15) is 5.54 Å². The first-order valence-corrected chi connectivity index (χ1v) is 11.7. The summed E-state index contributed by atoms with van der Waals surface area (Å²) in [6.07, 6.45) is 1.59. The zero-order chi connectivity index (χ0) is 21.6. The van der Waals surface area contributed by atoms with Crippen LogP contribution in [0.4, 0.5) is 0 Å². The maximum atomic E-state index is 13.6. The van der Waals surface area contributed by atoms with Crippen molar-refractivity contribution in [2.45, 2.75) is 52.1 Å². The minimum atomic E-state index is -0.813. The number of hydrogen-bond donors (Lipinski definition) is 2. The van der Waals surface area contributed by atoms with E-state index in [1.165, 1.54) is 5.56 Å². The number of benzene rings is 1. The summed E-state index contributed by atoms with van der Waals surface area (Å²) in [6.45, 7) is 11.1. The Labute approximate surface area is 184 Å². The van der Waals surface area contributed by atoms with Crippen LogP contribution in [0.2, 0.25) is 5.02 Å². The second-order valence-electron chi connectivity index (χ2n) is 10.3. The Morgan fingerprint density at radius 3 is 2.57 bits per heavy atom. The number of rotatable bonds is 7. The molecular weight excluding hydrogens is 398 g/mol. The van der Waals surface area contributed by atoms with Gasteiger partial charge in [0.25, 0.3) is 0 Å². The molecule has 4 aliphatic rings. The van der Waals surface area contributed by atoms with Gasteiger partial charge in [-0.1, -0.05) is 51.4 Å². The summed E-state index contributed by atoms with van der Waals surface area (Å²) in [4.78, 5) is 29.2. The normalized spacial score (nSPS) is 32.7. The largest absolute Gasteiger partial charge is 0.354 e. The van der Waals surface area contributed by atoms with Gasteiger partial charge in [-0.3, -0.25) is 14.5 Å². The first-order valence-electron chi connectivity index (χ1n) is 11.3. The monoisotopic (exact) mass is 431 g/mol. The van der Waals surface area contributed by atoms with Gasteiger partial charge in [-0.2, -0.15) is 0 Å². The second kappa shape index (κ2) is 8.16. The Morgan fingerprint density at radius 1 is 1.23 bits per heavy atom. The van der Waals surface area contributed by atoms with Crippen LogP contribution < -0.4 is 10.6 Å². The molecule has 4 fully saturated rings. The molecule has 1 saturated carbocycles. The second-order valence-corrected chi connectivity index (χ2v) is 10.7. The Kier molecular flexibility index (Phi) is 5.88. The molecule has 1 aliphatic carbocycles. The number of carbonyl (C=O) groups excluding carboxylic acids is 2. The molecule has 1 unspecified atom stereocenters. The van der Waals surface area contributed by atoms with Gasteiger partial charge < -0.3 is 10.6 Å². The molecule has 5 atom stereocenters. The minimum Gasteiger partial charge on any atom is -0.354 e. The van der Waals surface area contributed by atoms with Gasteiger partial charge in [-0.15, -0.1) is 0 Å². The number of amides is 2. The van der Waals surface area contributed by atoms with Crippen LogP contribution in [0.25, 0.3) is 0 Å². The van der Waals surface area contributed by atoms with E-state index in [0.717, 1.165) is 25.9 Å². The van der Waals surface area contributed by atoms with Crippen LogP contribution in [0.15, 0.2) is 24.3 Å². The van der Waals surface area contributed by atoms with Crippen molar-refractivity contribution < 1.29 is 9.59 Å². The first kappa shape index (κ1) is 21.6. The lowest BCUT2D eigenvalue weighted by Crippen LogP contribution is -2.78. The average Bonchev–Trinajstić information content (AvgIpc) is 2.89. The van der Waals surface area contributed by atoms with E-state index in [1.54, 1.807) is 0 Å². The lowest BCUT2D eigenvalue weighted by atomic mass is 9.58. The highest BCUT2D eigenvalue weighted by atomic mass is 35.5. The zero-order valence-electron chi connectivity index (χ0n) is 18.5. The smallest absolute Gasteiger partial charge is 0.247 e. The molecule has 3 saturated heterocycles. The summed E-state index contributed by atoms with van der Waals surface area (Å²) < 4.78 is 0. The molecule has 0 aromatic heterocycles. The number of halogens is 1. The molecule has 1 aromatic carbocycles. The van der Waals surface area contributed by atoms with Crippen LogP contribution in [-0.2, 0) is 16.0 Å². The summed E-state index contributed by atoms with van der Waals surface area (Å²) in [6, 6.07) is 7.95. The molecule has 30 heavy (non-hydrogen) atoms. The lowest BCUT2D eigenvalue weighted by molar-refractivity contribution is -0.154. The van der Waals surface area contributed by atoms with Gasteiger partial charge >= 0.3 is 0 Å². The topological polar surface area (TPSA) is 61.4 Å². The van der Waals surface area contributed by atoms with Gasteiger partial charge in [-0.25, -0.2) is 0 Å². The Hall–Kier alpha value is -1.59. The summed E-state index contributed by atoms with van der Waals surface area (Å²) in [7, 11) is 0. The molecule has 2 N–H and O–H groups in total. The minimum absolute atomic E-state index is 0.00469. The molecule has 164 valence electrons. The van der Waals surface area contributed by atoms with Gasteiger partial charge in [0.2, 0.25) is 11.8 Å². The highest BCUT2D eigenvalue weighted by molar-refractivity contribution is 6.30. The lowest BCUT2D eigenvalue weighted by Gasteiger charge is -2.55. The Bertz CT molecular complexity index is 809. The highest BCUT2D eigenvalue weighted by Gasteiger charge is 2.70. The van der Waals surface area contributed by atoms with Crippen molar-refractivity contribution >= 4 is 23.4 Å². The number of piperidine rings is 2. The number of carbonyl (C=O) groups is 2. The van der Waals surface area contributed by atoms with Gasteiger partial charge in [0, 0.05) is 42.5 Å². The summed E-state index contributed by atoms with van der Waals surface area (Å²) >= 11 is 6.08.